The van der Waals surface area contributed by atoms with Gasteiger partial charge in [0.1, 0.15) is 11.5 Å². The van der Waals surface area contributed by atoms with Crippen LogP contribution in [0.5, 0.6) is 11.5 Å². The number of pyridine rings is 1. The predicted octanol–water partition coefficient (Wildman–Crippen LogP) is 4.36. The Bertz CT molecular complexity index is 651. The van der Waals surface area contributed by atoms with Gasteiger partial charge in [-0.25, -0.2) is 9.78 Å². The molecule has 0 unspecified atom stereocenters. The highest BCUT2D eigenvalue weighted by atomic mass is 16.5. The Hall–Kier alpha value is -2.56. The molecule has 130 valence electrons. The molecule has 24 heavy (non-hydrogen) atoms. The second kappa shape index (κ2) is 9.55. The third kappa shape index (κ3) is 5.26. The molecular weight excluding hydrogens is 306 g/mol. The van der Waals surface area contributed by atoms with Crippen molar-refractivity contribution in [2.24, 2.45) is 0 Å². The number of hydrogen-bond donors (Lipinski definition) is 0. The number of hydrogen-bond acceptors (Lipinski definition) is 5. The topological polar surface area (TPSA) is 57.7 Å². The van der Waals surface area contributed by atoms with Crippen LogP contribution in [0.2, 0.25) is 0 Å². The fraction of sp³-hybridized carbons (Fsp3) is 0.368. The molecule has 0 amide bonds. The zero-order valence-corrected chi connectivity index (χ0v) is 15.1. The molecule has 2 aromatic rings. The number of ether oxygens (including phenoxy) is 3. The van der Waals surface area contributed by atoms with Gasteiger partial charge in [0.25, 0.3) is 0 Å². The molecule has 1 heterocycles. The molecule has 5 nitrogen and oxygen atoms in total. The van der Waals surface area contributed by atoms with Crippen molar-refractivity contribution in [2.75, 3.05) is 14.2 Å². The van der Waals surface area contributed by atoms with Gasteiger partial charge in [-0.1, -0.05) is 13.8 Å². The molecule has 0 saturated carbocycles. The number of aromatic nitrogens is 1. The summed E-state index contributed by atoms with van der Waals surface area (Å²) >= 11 is 0. The summed E-state index contributed by atoms with van der Waals surface area (Å²) in [5.41, 5.74) is 1.70. The summed E-state index contributed by atoms with van der Waals surface area (Å²) in [4.78, 5) is 16.0. The van der Waals surface area contributed by atoms with Crippen LogP contribution in [-0.2, 0) is 4.74 Å². The van der Waals surface area contributed by atoms with Gasteiger partial charge in [0.2, 0.25) is 0 Å². The third-order valence-corrected chi connectivity index (χ3v) is 2.95. The summed E-state index contributed by atoms with van der Waals surface area (Å²) in [6, 6.07) is 10.8. The molecule has 0 atom stereocenters. The second-order valence-corrected chi connectivity index (χ2v) is 4.96. The molecule has 0 aliphatic heterocycles. The van der Waals surface area contributed by atoms with Crippen molar-refractivity contribution in [1.82, 2.24) is 4.98 Å². The number of benzene rings is 1. The van der Waals surface area contributed by atoms with Gasteiger partial charge in [-0.15, -0.1) is 0 Å². The molecule has 0 N–H and O–H groups in total. The summed E-state index contributed by atoms with van der Waals surface area (Å²) in [5.74, 6) is 0.836. The largest absolute Gasteiger partial charge is 0.497 e. The van der Waals surface area contributed by atoms with E-state index in [4.69, 9.17) is 14.2 Å². The van der Waals surface area contributed by atoms with Gasteiger partial charge in [0.05, 0.1) is 26.0 Å². The Morgan fingerprint density at radius 2 is 1.62 bits per heavy atom. The molecule has 0 bridgehead atoms. The number of methoxy groups -OCH3 is 2. The molecule has 0 aliphatic carbocycles. The van der Waals surface area contributed by atoms with Crippen molar-refractivity contribution >= 4 is 5.97 Å². The molecule has 0 spiro atoms. The Labute approximate surface area is 143 Å². The Morgan fingerprint density at radius 1 is 1.00 bits per heavy atom. The van der Waals surface area contributed by atoms with Crippen molar-refractivity contribution in [3.05, 3.63) is 42.1 Å². The zero-order valence-electron chi connectivity index (χ0n) is 15.1. The van der Waals surface area contributed by atoms with Gasteiger partial charge in [0, 0.05) is 17.7 Å². The summed E-state index contributed by atoms with van der Waals surface area (Å²) < 4.78 is 15.5. The average Bonchev–Trinajstić information content (AvgIpc) is 2.62. The highest BCUT2D eigenvalue weighted by Crippen LogP contribution is 2.25. The molecule has 1 aromatic carbocycles. The van der Waals surface area contributed by atoms with Crippen LogP contribution in [0.4, 0.5) is 0 Å². The van der Waals surface area contributed by atoms with Crippen LogP contribution in [0, 0.1) is 0 Å². The van der Waals surface area contributed by atoms with E-state index >= 15 is 0 Å². The van der Waals surface area contributed by atoms with E-state index in [-0.39, 0.29) is 11.8 Å². The van der Waals surface area contributed by atoms with E-state index in [1.807, 2.05) is 52.0 Å². The fourth-order valence-corrected chi connectivity index (χ4v) is 1.96. The van der Waals surface area contributed by atoms with E-state index in [9.17, 15) is 4.79 Å². The third-order valence-electron chi connectivity index (χ3n) is 2.95. The molecule has 0 saturated heterocycles. The van der Waals surface area contributed by atoms with Crippen LogP contribution >= 0.6 is 0 Å². The maximum Gasteiger partial charge on any atom is 0.356 e. The van der Waals surface area contributed by atoms with Crippen LogP contribution in [0.1, 0.15) is 38.2 Å². The van der Waals surface area contributed by atoms with Crippen molar-refractivity contribution in [3.63, 3.8) is 0 Å². The number of nitrogens with zero attached hydrogens (tertiary/aromatic N) is 1. The van der Waals surface area contributed by atoms with E-state index in [1.165, 1.54) is 7.11 Å². The SMILES string of the molecule is CC.COC(=O)c1cc(OC)cc(-c2ccc(OC(C)C)cc2)n1. The van der Waals surface area contributed by atoms with Gasteiger partial charge in [-0.2, -0.15) is 0 Å². The minimum Gasteiger partial charge on any atom is -0.497 e. The minimum atomic E-state index is -0.500. The molecule has 5 heteroatoms. The van der Waals surface area contributed by atoms with Crippen molar-refractivity contribution in [3.8, 4) is 22.8 Å². The van der Waals surface area contributed by atoms with Gasteiger partial charge in [0.15, 0.2) is 5.69 Å². The highest BCUT2D eigenvalue weighted by molar-refractivity contribution is 5.88. The van der Waals surface area contributed by atoms with Gasteiger partial charge < -0.3 is 14.2 Å². The van der Waals surface area contributed by atoms with E-state index in [0.717, 1.165) is 11.3 Å². The lowest BCUT2D eigenvalue weighted by Crippen LogP contribution is -2.06. The first-order valence-electron chi connectivity index (χ1n) is 7.95. The lowest BCUT2D eigenvalue weighted by molar-refractivity contribution is 0.0593. The maximum atomic E-state index is 11.7. The standard InChI is InChI=1S/C17H19NO4.C2H6/c1-11(2)22-13-7-5-12(6-8-13)15-9-14(20-3)10-16(18-15)17(19)21-4;1-2/h5-11H,1-4H3;1-2H3. The summed E-state index contributed by atoms with van der Waals surface area (Å²) in [6.07, 6.45) is 0.117. The lowest BCUT2D eigenvalue weighted by Gasteiger charge is -2.11. The molecular formula is C19H25NO4. The monoisotopic (exact) mass is 331 g/mol. The normalized spacial score (nSPS) is 9.79. The molecule has 0 fully saturated rings. The first kappa shape index (κ1) is 19.5. The average molecular weight is 331 g/mol. The summed E-state index contributed by atoms with van der Waals surface area (Å²) in [7, 11) is 2.86. The second-order valence-electron chi connectivity index (χ2n) is 4.96. The van der Waals surface area contributed by atoms with E-state index in [2.05, 4.69) is 4.98 Å². The van der Waals surface area contributed by atoms with E-state index < -0.39 is 5.97 Å². The van der Waals surface area contributed by atoms with E-state index in [0.29, 0.717) is 11.4 Å². The van der Waals surface area contributed by atoms with Crippen LogP contribution < -0.4 is 9.47 Å². The number of esters is 1. The fourth-order valence-electron chi connectivity index (χ4n) is 1.96. The van der Waals surface area contributed by atoms with Crippen molar-refractivity contribution < 1.29 is 19.0 Å². The predicted molar refractivity (Wildman–Crippen MR) is 94.7 cm³/mol. The number of carbonyl (C=O) groups excluding carboxylic acids is 1. The highest BCUT2D eigenvalue weighted by Gasteiger charge is 2.12. The molecule has 2 rings (SSSR count). The molecule has 1 aromatic heterocycles. The smallest absolute Gasteiger partial charge is 0.356 e. The maximum absolute atomic E-state index is 11.7. The Kier molecular flexibility index (Phi) is 7.75. The number of rotatable bonds is 5. The van der Waals surface area contributed by atoms with Crippen molar-refractivity contribution in [2.45, 2.75) is 33.8 Å². The summed E-state index contributed by atoms with van der Waals surface area (Å²) in [6.45, 7) is 7.94. The van der Waals surface area contributed by atoms with Gasteiger partial charge in [-0.05, 0) is 38.1 Å². The first-order valence-corrected chi connectivity index (χ1v) is 7.95. The zero-order chi connectivity index (χ0) is 18.1. The number of carbonyl (C=O) groups is 1. The first-order chi connectivity index (χ1) is 11.5. The van der Waals surface area contributed by atoms with Crippen LogP contribution in [0.15, 0.2) is 36.4 Å². The Balaban J connectivity index is 0.00000139. The lowest BCUT2D eigenvalue weighted by atomic mass is 10.1. The van der Waals surface area contributed by atoms with Gasteiger partial charge >= 0.3 is 5.97 Å². The van der Waals surface area contributed by atoms with Crippen LogP contribution in [-0.4, -0.2) is 31.3 Å². The quantitative estimate of drug-likeness (QED) is 0.762. The Morgan fingerprint density at radius 3 is 2.12 bits per heavy atom. The molecule has 0 aliphatic rings. The van der Waals surface area contributed by atoms with Crippen molar-refractivity contribution in [1.29, 1.82) is 0 Å². The summed E-state index contributed by atoms with van der Waals surface area (Å²) in [5, 5.41) is 0. The van der Waals surface area contributed by atoms with Crippen LogP contribution in [0.25, 0.3) is 11.3 Å². The van der Waals surface area contributed by atoms with Crippen LogP contribution in [0.3, 0.4) is 0 Å². The van der Waals surface area contributed by atoms with Gasteiger partial charge in [-0.3, -0.25) is 0 Å². The minimum absolute atomic E-state index is 0.117. The van der Waals surface area contributed by atoms with E-state index in [1.54, 1.807) is 19.2 Å². The molecule has 0 radical (unpaired) electrons.